The van der Waals surface area contributed by atoms with Crippen LogP contribution in [0.25, 0.3) is 0 Å². The Balaban J connectivity index is 1.68. The summed E-state index contributed by atoms with van der Waals surface area (Å²) in [5, 5.41) is 13.0. The molecule has 2 aromatic rings. The number of carbonyl (C=O) groups excluding carboxylic acids is 2. The molecule has 0 fully saturated rings. The first-order valence-electron chi connectivity index (χ1n) is 9.34. The van der Waals surface area contributed by atoms with E-state index in [-0.39, 0.29) is 11.8 Å². The molecule has 0 saturated heterocycles. The van der Waals surface area contributed by atoms with Crippen LogP contribution in [0.5, 0.6) is 5.75 Å². The van der Waals surface area contributed by atoms with Gasteiger partial charge in [-0.25, -0.2) is 0 Å². The Morgan fingerprint density at radius 2 is 2.14 bits per heavy atom. The lowest BCUT2D eigenvalue weighted by Crippen LogP contribution is -2.33. The van der Waals surface area contributed by atoms with E-state index in [1.165, 1.54) is 11.3 Å². The van der Waals surface area contributed by atoms with Crippen molar-refractivity contribution in [1.29, 1.82) is 5.26 Å². The second-order valence-electron chi connectivity index (χ2n) is 6.60. The lowest BCUT2D eigenvalue weighted by molar-refractivity contribution is -0.129. The second kappa shape index (κ2) is 8.89. The lowest BCUT2D eigenvalue weighted by Gasteiger charge is -2.25. The summed E-state index contributed by atoms with van der Waals surface area (Å²) in [7, 11) is 0. The molecule has 0 spiro atoms. The average molecular weight is 398 g/mol. The van der Waals surface area contributed by atoms with Crippen molar-refractivity contribution in [2.75, 3.05) is 18.5 Å². The van der Waals surface area contributed by atoms with Crippen LogP contribution in [0.2, 0.25) is 0 Å². The first-order chi connectivity index (χ1) is 13.5. The van der Waals surface area contributed by atoms with E-state index in [1.807, 2.05) is 31.2 Å². The van der Waals surface area contributed by atoms with Gasteiger partial charge in [0.2, 0.25) is 11.8 Å². The minimum absolute atomic E-state index is 0.0242. The number of rotatable bonds is 6. The first kappa shape index (κ1) is 19.9. The molecule has 1 aliphatic heterocycles. The number of hydrogen-bond acceptors (Lipinski definition) is 5. The molecule has 0 saturated carbocycles. The second-order valence-corrected chi connectivity index (χ2v) is 7.70. The van der Waals surface area contributed by atoms with Crippen LogP contribution >= 0.6 is 11.3 Å². The van der Waals surface area contributed by atoms with Crippen LogP contribution in [0.3, 0.4) is 0 Å². The summed E-state index contributed by atoms with van der Waals surface area (Å²) in [5.41, 5.74) is 2.48. The number of para-hydroxylation sites is 1. The molecule has 0 radical (unpaired) electrons. The highest BCUT2D eigenvalue weighted by Crippen LogP contribution is 2.36. The van der Waals surface area contributed by atoms with E-state index in [1.54, 1.807) is 11.8 Å². The summed E-state index contributed by atoms with van der Waals surface area (Å²) in [6.07, 6.45) is 1.51. The summed E-state index contributed by atoms with van der Waals surface area (Å²) >= 11 is 1.40. The van der Waals surface area contributed by atoms with E-state index in [0.29, 0.717) is 49.5 Å². The summed E-state index contributed by atoms with van der Waals surface area (Å²) in [6, 6.07) is 9.92. The van der Waals surface area contributed by atoms with E-state index in [4.69, 9.17) is 4.74 Å². The average Bonchev–Trinajstić information content (AvgIpc) is 3.03. The van der Waals surface area contributed by atoms with E-state index >= 15 is 0 Å². The fourth-order valence-electron chi connectivity index (χ4n) is 3.32. The molecule has 0 unspecified atom stereocenters. The number of thiophene rings is 1. The van der Waals surface area contributed by atoms with E-state index < -0.39 is 0 Å². The number of carbonyl (C=O) groups is 2. The van der Waals surface area contributed by atoms with Crippen molar-refractivity contribution in [2.45, 2.75) is 39.7 Å². The van der Waals surface area contributed by atoms with Crippen molar-refractivity contribution >= 4 is 28.2 Å². The molecule has 6 nitrogen and oxygen atoms in total. The number of nitrogens with one attached hydrogen (secondary N) is 1. The molecule has 0 atom stereocenters. The van der Waals surface area contributed by atoms with Crippen LogP contribution in [-0.2, 0) is 29.0 Å². The molecule has 1 aromatic heterocycles. The summed E-state index contributed by atoms with van der Waals surface area (Å²) < 4.78 is 5.60. The molecule has 1 N–H and O–H groups in total. The maximum atomic E-state index is 12.5. The minimum atomic E-state index is -0.134. The zero-order chi connectivity index (χ0) is 20.1. The van der Waals surface area contributed by atoms with Gasteiger partial charge in [0.05, 0.1) is 18.7 Å². The molecule has 1 aromatic carbocycles. The monoisotopic (exact) mass is 397 g/mol. The van der Waals surface area contributed by atoms with Gasteiger partial charge in [-0.05, 0) is 37.0 Å². The minimum Gasteiger partial charge on any atom is -0.494 e. The Morgan fingerprint density at radius 3 is 2.86 bits per heavy atom. The van der Waals surface area contributed by atoms with E-state index in [2.05, 4.69) is 11.4 Å². The zero-order valence-corrected chi connectivity index (χ0v) is 16.9. The molecule has 3 rings (SSSR count). The number of nitriles is 1. The molecular weight excluding hydrogens is 374 g/mol. The van der Waals surface area contributed by atoms with Crippen molar-refractivity contribution < 1.29 is 14.3 Å². The Bertz CT molecular complexity index is 929. The highest BCUT2D eigenvalue weighted by Gasteiger charge is 2.26. The number of ether oxygens (including phenoxy) is 1. The zero-order valence-electron chi connectivity index (χ0n) is 16.1. The van der Waals surface area contributed by atoms with Gasteiger partial charge in [-0.2, -0.15) is 5.26 Å². The van der Waals surface area contributed by atoms with E-state index in [0.717, 1.165) is 21.8 Å². The smallest absolute Gasteiger partial charge is 0.225 e. The molecule has 7 heteroatoms. The van der Waals surface area contributed by atoms with Crippen LogP contribution in [0.1, 0.15) is 41.8 Å². The largest absolute Gasteiger partial charge is 0.494 e. The summed E-state index contributed by atoms with van der Waals surface area (Å²) in [5.74, 6) is 0.687. The maximum Gasteiger partial charge on any atom is 0.225 e. The van der Waals surface area contributed by atoms with Gasteiger partial charge in [-0.3, -0.25) is 9.59 Å². The van der Waals surface area contributed by atoms with Crippen molar-refractivity contribution in [3.63, 3.8) is 0 Å². The van der Waals surface area contributed by atoms with Crippen LogP contribution in [0.15, 0.2) is 24.3 Å². The molecule has 28 heavy (non-hydrogen) atoms. The number of benzene rings is 1. The maximum absolute atomic E-state index is 12.5. The summed E-state index contributed by atoms with van der Waals surface area (Å²) in [6.45, 7) is 5.16. The number of aryl methyl sites for hydroxylation is 1. The highest BCUT2D eigenvalue weighted by atomic mass is 32.1. The number of hydrogen-bond donors (Lipinski definition) is 1. The fourth-order valence-corrected chi connectivity index (χ4v) is 4.55. The van der Waals surface area contributed by atoms with Gasteiger partial charge in [0, 0.05) is 24.8 Å². The molecular formula is C21H23N3O3S. The SMILES string of the molecule is CCOc1ccccc1CCC(=O)Nc1sc2c(c1C#N)CCN(C(C)=O)C2. The quantitative estimate of drug-likeness (QED) is 0.809. The predicted molar refractivity (Wildman–Crippen MR) is 108 cm³/mol. The van der Waals surface area contributed by atoms with Gasteiger partial charge in [0.15, 0.2) is 0 Å². The molecule has 2 amide bonds. The molecule has 0 aliphatic carbocycles. The Morgan fingerprint density at radius 1 is 1.36 bits per heavy atom. The highest BCUT2D eigenvalue weighted by molar-refractivity contribution is 7.16. The van der Waals surface area contributed by atoms with Gasteiger partial charge in [-0.1, -0.05) is 18.2 Å². The molecule has 0 bridgehead atoms. The molecule has 2 heterocycles. The first-order valence-corrected chi connectivity index (χ1v) is 10.2. The fraction of sp³-hybridized carbons (Fsp3) is 0.381. The topological polar surface area (TPSA) is 82.4 Å². The van der Waals surface area contributed by atoms with Crippen LogP contribution in [0, 0.1) is 11.3 Å². The third-order valence-corrected chi connectivity index (χ3v) is 5.89. The Hall–Kier alpha value is -2.85. The predicted octanol–water partition coefficient (Wildman–Crippen LogP) is 3.49. The number of anilines is 1. The van der Waals surface area contributed by atoms with Gasteiger partial charge in [0.25, 0.3) is 0 Å². The van der Waals surface area contributed by atoms with Crippen LogP contribution in [-0.4, -0.2) is 29.9 Å². The van der Waals surface area contributed by atoms with Crippen LogP contribution in [0.4, 0.5) is 5.00 Å². The van der Waals surface area contributed by atoms with Crippen molar-refractivity contribution in [1.82, 2.24) is 4.90 Å². The molecule has 146 valence electrons. The van der Waals surface area contributed by atoms with Gasteiger partial charge < -0.3 is 15.0 Å². The lowest BCUT2D eigenvalue weighted by atomic mass is 10.0. The Kier molecular flexibility index (Phi) is 6.32. The summed E-state index contributed by atoms with van der Waals surface area (Å²) in [4.78, 5) is 26.9. The van der Waals surface area contributed by atoms with Crippen molar-refractivity contribution in [3.8, 4) is 11.8 Å². The van der Waals surface area contributed by atoms with E-state index in [9.17, 15) is 14.9 Å². The Labute approximate surface area is 168 Å². The third-order valence-electron chi connectivity index (χ3n) is 4.76. The number of amides is 2. The van der Waals surface area contributed by atoms with Crippen LogP contribution < -0.4 is 10.1 Å². The van der Waals surface area contributed by atoms with Gasteiger partial charge >= 0.3 is 0 Å². The number of nitrogens with zero attached hydrogens (tertiary/aromatic N) is 2. The third kappa shape index (κ3) is 4.34. The van der Waals surface area contributed by atoms with Crippen molar-refractivity contribution in [3.05, 3.63) is 45.8 Å². The van der Waals surface area contributed by atoms with Crippen molar-refractivity contribution in [2.24, 2.45) is 0 Å². The molecule has 1 aliphatic rings. The van der Waals surface area contributed by atoms with Gasteiger partial charge in [0.1, 0.15) is 16.8 Å². The normalized spacial score (nSPS) is 12.8. The standard InChI is InChI=1S/C21H23N3O3S/c1-3-27-18-7-5-4-6-15(18)8-9-20(26)23-21-17(12-22)16-10-11-24(14(2)25)13-19(16)28-21/h4-7H,3,8-11,13H2,1-2H3,(H,23,26). The van der Waals surface area contributed by atoms with Gasteiger partial charge in [-0.15, -0.1) is 11.3 Å². The number of fused-ring (bicyclic) bond motifs is 1.